The van der Waals surface area contributed by atoms with Crippen LogP contribution in [0, 0.1) is 0 Å². The molecule has 2 aromatic carbocycles. The second kappa shape index (κ2) is 6.53. The first-order valence-electron chi connectivity index (χ1n) is 7.72. The summed E-state index contributed by atoms with van der Waals surface area (Å²) in [5.74, 6) is 0.285. The molecule has 0 spiro atoms. The summed E-state index contributed by atoms with van der Waals surface area (Å²) in [4.78, 5) is 0. The Morgan fingerprint density at radius 3 is 1.86 bits per heavy atom. The van der Waals surface area contributed by atoms with Crippen molar-refractivity contribution in [2.75, 3.05) is 10.6 Å². The second-order valence-corrected chi connectivity index (χ2v) is 5.73. The van der Waals surface area contributed by atoms with Crippen molar-refractivity contribution in [1.29, 1.82) is 0 Å². The molecular weight excluding hydrogens is 260 g/mol. The Morgan fingerprint density at radius 1 is 0.714 bits per heavy atom. The number of rotatable bonds is 4. The summed E-state index contributed by atoms with van der Waals surface area (Å²) in [5.41, 5.74) is 3.22. The molecule has 1 aliphatic carbocycles. The van der Waals surface area contributed by atoms with Crippen molar-refractivity contribution in [2.24, 2.45) is 0 Å². The number of phenols is 1. The third-order valence-electron chi connectivity index (χ3n) is 4.02. The number of nitrogens with one attached hydrogen (secondary N) is 2. The highest BCUT2D eigenvalue weighted by atomic mass is 16.3. The minimum Gasteiger partial charge on any atom is -0.508 e. The zero-order valence-corrected chi connectivity index (χ0v) is 12.2. The summed E-state index contributed by atoms with van der Waals surface area (Å²) in [6, 6.07) is 16.1. The molecule has 0 bridgehead atoms. The van der Waals surface area contributed by atoms with Crippen molar-refractivity contribution < 1.29 is 5.11 Å². The normalized spacial score (nSPS) is 15.6. The van der Waals surface area contributed by atoms with Gasteiger partial charge in [0, 0.05) is 23.1 Å². The third-order valence-corrected chi connectivity index (χ3v) is 4.02. The van der Waals surface area contributed by atoms with Crippen LogP contribution in [0.2, 0.25) is 0 Å². The molecule has 0 aromatic heterocycles. The molecule has 0 amide bonds. The van der Waals surface area contributed by atoms with Gasteiger partial charge in [-0.3, -0.25) is 0 Å². The predicted octanol–water partition coefficient (Wildman–Crippen LogP) is 4.88. The third kappa shape index (κ3) is 3.91. The lowest BCUT2D eigenvalue weighted by Gasteiger charge is -2.24. The van der Waals surface area contributed by atoms with Crippen LogP contribution in [0.1, 0.15) is 32.1 Å². The van der Waals surface area contributed by atoms with E-state index in [2.05, 4.69) is 34.9 Å². The van der Waals surface area contributed by atoms with E-state index in [0.29, 0.717) is 6.04 Å². The fourth-order valence-corrected chi connectivity index (χ4v) is 2.84. The number of hydrogen-bond donors (Lipinski definition) is 3. The van der Waals surface area contributed by atoms with Gasteiger partial charge < -0.3 is 15.7 Å². The van der Waals surface area contributed by atoms with Gasteiger partial charge in [0.2, 0.25) is 0 Å². The van der Waals surface area contributed by atoms with Gasteiger partial charge in [0.1, 0.15) is 5.75 Å². The van der Waals surface area contributed by atoms with E-state index < -0.39 is 0 Å². The van der Waals surface area contributed by atoms with Crippen molar-refractivity contribution in [3.05, 3.63) is 48.5 Å². The molecule has 2 aromatic rings. The minimum atomic E-state index is 0.285. The summed E-state index contributed by atoms with van der Waals surface area (Å²) in [6.45, 7) is 0. The summed E-state index contributed by atoms with van der Waals surface area (Å²) >= 11 is 0. The Hall–Kier alpha value is -2.16. The molecular formula is C18H22N2O. The molecule has 3 nitrogen and oxygen atoms in total. The van der Waals surface area contributed by atoms with Gasteiger partial charge in [-0.25, -0.2) is 0 Å². The maximum atomic E-state index is 9.28. The summed E-state index contributed by atoms with van der Waals surface area (Å²) in [6.07, 6.45) is 6.64. The van der Waals surface area contributed by atoms with E-state index in [-0.39, 0.29) is 5.75 Å². The Morgan fingerprint density at radius 2 is 1.24 bits per heavy atom. The van der Waals surface area contributed by atoms with Crippen molar-refractivity contribution in [3.8, 4) is 5.75 Å². The average molecular weight is 282 g/mol. The van der Waals surface area contributed by atoms with Crippen LogP contribution in [0.15, 0.2) is 48.5 Å². The van der Waals surface area contributed by atoms with Crippen LogP contribution < -0.4 is 10.6 Å². The smallest absolute Gasteiger partial charge is 0.115 e. The molecule has 0 radical (unpaired) electrons. The fraction of sp³-hybridized carbons (Fsp3) is 0.333. The van der Waals surface area contributed by atoms with E-state index >= 15 is 0 Å². The Balaban J connectivity index is 1.59. The monoisotopic (exact) mass is 282 g/mol. The van der Waals surface area contributed by atoms with Gasteiger partial charge in [-0.15, -0.1) is 0 Å². The molecule has 0 aliphatic heterocycles. The lowest BCUT2D eigenvalue weighted by atomic mass is 9.95. The maximum Gasteiger partial charge on any atom is 0.115 e. The highest BCUT2D eigenvalue weighted by molar-refractivity contribution is 5.63. The van der Waals surface area contributed by atoms with E-state index in [1.165, 1.54) is 37.8 Å². The van der Waals surface area contributed by atoms with E-state index in [1.54, 1.807) is 12.1 Å². The van der Waals surface area contributed by atoms with E-state index in [1.807, 2.05) is 12.1 Å². The standard InChI is InChI=1S/C18H22N2O/c21-18-12-10-17(11-13-18)20-16-8-6-15(7-9-16)19-14-4-2-1-3-5-14/h6-14,19-21H,1-5H2. The van der Waals surface area contributed by atoms with Crippen molar-refractivity contribution in [1.82, 2.24) is 0 Å². The van der Waals surface area contributed by atoms with Crippen LogP contribution in [-0.2, 0) is 0 Å². The SMILES string of the molecule is Oc1ccc(Nc2ccc(NC3CCCCC3)cc2)cc1. The first-order chi connectivity index (χ1) is 10.3. The number of anilines is 3. The zero-order valence-electron chi connectivity index (χ0n) is 12.2. The molecule has 110 valence electrons. The van der Waals surface area contributed by atoms with Crippen LogP contribution in [0.3, 0.4) is 0 Å². The topological polar surface area (TPSA) is 44.3 Å². The lowest BCUT2D eigenvalue weighted by Crippen LogP contribution is -2.22. The molecule has 1 aliphatic rings. The molecule has 0 heterocycles. The summed E-state index contributed by atoms with van der Waals surface area (Å²) < 4.78 is 0. The molecule has 3 N–H and O–H groups in total. The molecule has 0 unspecified atom stereocenters. The van der Waals surface area contributed by atoms with Gasteiger partial charge >= 0.3 is 0 Å². The van der Waals surface area contributed by atoms with Crippen LogP contribution in [-0.4, -0.2) is 11.1 Å². The minimum absolute atomic E-state index is 0.285. The number of aromatic hydroxyl groups is 1. The van der Waals surface area contributed by atoms with Crippen LogP contribution in [0.4, 0.5) is 17.1 Å². The number of phenolic OH excluding ortho intramolecular Hbond substituents is 1. The molecule has 0 saturated heterocycles. The fourth-order valence-electron chi connectivity index (χ4n) is 2.84. The first-order valence-corrected chi connectivity index (χ1v) is 7.72. The number of hydrogen-bond acceptors (Lipinski definition) is 3. The van der Waals surface area contributed by atoms with Gasteiger partial charge in [-0.1, -0.05) is 19.3 Å². The van der Waals surface area contributed by atoms with E-state index in [0.717, 1.165) is 11.4 Å². The quantitative estimate of drug-likeness (QED) is 0.700. The van der Waals surface area contributed by atoms with Gasteiger partial charge in [0.25, 0.3) is 0 Å². The molecule has 1 saturated carbocycles. The maximum absolute atomic E-state index is 9.28. The van der Waals surface area contributed by atoms with Gasteiger partial charge in [-0.05, 0) is 61.4 Å². The van der Waals surface area contributed by atoms with Gasteiger partial charge in [0.15, 0.2) is 0 Å². The van der Waals surface area contributed by atoms with Gasteiger partial charge in [0.05, 0.1) is 0 Å². The Kier molecular flexibility index (Phi) is 4.29. The highest BCUT2D eigenvalue weighted by Gasteiger charge is 2.12. The molecule has 21 heavy (non-hydrogen) atoms. The molecule has 0 atom stereocenters. The van der Waals surface area contributed by atoms with Crippen molar-refractivity contribution >= 4 is 17.1 Å². The Labute approximate surface area is 126 Å². The predicted molar refractivity (Wildman–Crippen MR) is 88.3 cm³/mol. The Bertz CT molecular complexity index is 557. The largest absolute Gasteiger partial charge is 0.508 e. The first kappa shape index (κ1) is 13.8. The number of benzene rings is 2. The summed E-state index contributed by atoms with van der Waals surface area (Å²) in [5, 5.41) is 16.2. The summed E-state index contributed by atoms with van der Waals surface area (Å²) in [7, 11) is 0. The molecule has 3 rings (SSSR count). The van der Waals surface area contributed by atoms with Crippen LogP contribution in [0.25, 0.3) is 0 Å². The molecule has 3 heteroatoms. The van der Waals surface area contributed by atoms with E-state index in [4.69, 9.17) is 0 Å². The van der Waals surface area contributed by atoms with E-state index in [9.17, 15) is 5.11 Å². The van der Waals surface area contributed by atoms with Crippen LogP contribution >= 0.6 is 0 Å². The van der Waals surface area contributed by atoms with Gasteiger partial charge in [-0.2, -0.15) is 0 Å². The molecule has 1 fully saturated rings. The lowest BCUT2D eigenvalue weighted by molar-refractivity contribution is 0.463. The van der Waals surface area contributed by atoms with Crippen molar-refractivity contribution in [2.45, 2.75) is 38.1 Å². The second-order valence-electron chi connectivity index (χ2n) is 5.73. The zero-order chi connectivity index (χ0) is 14.5. The van der Waals surface area contributed by atoms with Crippen molar-refractivity contribution in [3.63, 3.8) is 0 Å². The van der Waals surface area contributed by atoms with Crippen LogP contribution in [0.5, 0.6) is 5.75 Å². The highest BCUT2D eigenvalue weighted by Crippen LogP contribution is 2.24. The average Bonchev–Trinajstić information content (AvgIpc) is 2.53.